The second-order valence-corrected chi connectivity index (χ2v) is 4.00. The number of nitrogens with one attached hydrogen (secondary N) is 1. The van der Waals surface area contributed by atoms with Crippen LogP contribution in [0.1, 0.15) is 6.92 Å². The van der Waals surface area contributed by atoms with Crippen LogP contribution in [0, 0.1) is 0 Å². The largest absolute Gasteiger partial charge is 0.378 e. The summed E-state index contributed by atoms with van der Waals surface area (Å²) >= 11 is 0. The van der Waals surface area contributed by atoms with Gasteiger partial charge in [-0.15, -0.1) is 0 Å². The van der Waals surface area contributed by atoms with Crippen LogP contribution in [0.2, 0.25) is 0 Å². The van der Waals surface area contributed by atoms with Gasteiger partial charge >= 0.3 is 0 Å². The normalized spacial score (nSPS) is 9.94. The molecule has 2 aromatic rings. The van der Waals surface area contributed by atoms with E-state index in [1.54, 1.807) is 6.92 Å². The van der Waals surface area contributed by atoms with E-state index < -0.39 is 0 Å². The Balaban J connectivity index is 2.11. The molecule has 0 aliphatic heterocycles. The maximum absolute atomic E-state index is 10.8. The fraction of sp³-hybridized carbons (Fsp3) is 0.133. The number of benzene rings is 2. The van der Waals surface area contributed by atoms with Crippen molar-refractivity contribution in [2.24, 2.45) is 0 Å². The number of hydrogen-bond donors (Lipinski definition) is 1. The van der Waals surface area contributed by atoms with Gasteiger partial charge in [0.2, 0.25) is 0 Å². The Kier molecular flexibility index (Phi) is 3.55. The van der Waals surface area contributed by atoms with E-state index in [0.717, 1.165) is 5.69 Å². The zero-order valence-electron chi connectivity index (χ0n) is 9.81. The van der Waals surface area contributed by atoms with Crippen LogP contribution in [-0.2, 0) is 4.79 Å². The average Bonchev–Trinajstić information content (AvgIpc) is 2.38. The molecular weight excluding hydrogens is 210 g/mol. The SMILES string of the molecule is CC(=O)CNc1ccc(-c2ccccc2)cc1. The number of hydrogen-bond acceptors (Lipinski definition) is 2. The van der Waals surface area contributed by atoms with Crippen LogP contribution in [0.3, 0.4) is 0 Å². The second-order valence-electron chi connectivity index (χ2n) is 4.00. The Labute approximate surface area is 101 Å². The topological polar surface area (TPSA) is 29.1 Å². The Morgan fingerprint density at radius 1 is 0.941 bits per heavy atom. The van der Waals surface area contributed by atoms with Crippen molar-refractivity contribution in [3.8, 4) is 11.1 Å². The highest BCUT2D eigenvalue weighted by Crippen LogP contribution is 2.20. The molecule has 0 aliphatic rings. The fourth-order valence-electron chi connectivity index (χ4n) is 1.64. The summed E-state index contributed by atoms with van der Waals surface area (Å²) in [4.78, 5) is 10.8. The molecule has 1 N–H and O–H groups in total. The smallest absolute Gasteiger partial charge is 0.148 e. The second kappa shape index (κ2) is 5.30. The molecule has 0 saturated carbocycles. The summed E-state index contributed by atoms with van der Waals surface area (Å²) in [5.74, 6) is 0.136. The minimum atomic E-state index is 0.136. The van der Waals surface area contributed by atoms with Crippen molar-refractivity contribution >= 4 is 11.5 Å². The highest BCUT2D eigenvalue weighted by Gasteiger charge is 1.97. The van der Waals surface area contributed by atoms with Crippen LogP contribution >= 0.6 is 0 Å². The molecule has 2 aromatic carbocycles. The first-order chi connectivity index (χ1) is 8.25. The van der Waals surface area contributed by atoms with Gasteiger partial charge in [0.15, 0.2) is 0 Å². The lowest BCUT2D eigenvalue weighted by Gasteiger charge is -2.06. The van der Waals surface area contributed by atoms with Gasteiger partial charge in [0.25, 0.3) is 0 Å². The molecule has 86 valence electrons. The number of rotatable bonds is 4. The summed E-state index contributed by atoms with van der Waals surface area (Å²) < 4.78 is 0. The first kappa shape index (κ1) is 11.4. The van der Waals surface area contributed by atoms with Crippen molar-refractivity contribution in [1.29, 1.82) is 0 Å². The Bertz CT molecular complexity index is 488. The van der Waals surface area contributed by atoms with Gasteiger partial charge in [-0.25, -0.2) is 0 Å². The van der Waals surface area contributed by atoms with Crippen LogP contribution in [0.15, 0.2) is 54.6 Å². The predicted molar refractivity (Wildman–Crippen MR) is 71.0 cm³/mol. The van der Waals surface area contributed by atoms with Gasteiger partial charge in [0, 0.05) is 5.69 Å². The summed E-state index contributed by atoms with van der Waals surface area (Å²) in [6, 6.07) is 18.3. The van der Waals surface area contributed by atoms with Crippen molar-refractivity contribution in [2.45, 2.75) is 6.92 Å². The lowest BCUT2D eigenvalue weighted by atomic mass is 10.1. The number of carbonyl (C=O) groups is 1. The molecule has 17 heavy (non-hydrogen) atoms. The molecule has 0 saturated heterocycles. The summed E-state index contributed by atoms with van der Waals surface area (Å²) in [6.45, 7) is 1.95. The quantitative estimate of drug-likeness (QED) is 0.864. The summed E-state index contributed by atoms with van der Waals surface area (Å²) in [5, 5.41) is 3.07. The third-order valence-electron chi connectivity index (χ3n) is 2.53. The number of anilines is 1. The number of Topliss-reactive ketones (excluding diaryl/α,β-unsaturated/α-hetero) is 1. The highest BCUT2D eigenvalue weighted by molar-refractivity contribution is 5.80. The Morgan fingerprint density at radius 3 is 2.12 bits per heavy atom. The van der Waals surface area contributed by atoms with Crippen molar-refractivity contribution in [3.63, 3.8) is 0 Å². The fourth-order valence-corrected chi connectivity index (χ4v) is 1.64. The standard InChI is InChI=1S/C15H15NO/c1-12(17)11-16-15-9-7-14(8-10-15)13-5-3-2-4-6-13/h2-10,16H,11H2,1H3. The van der Waals surface area contributed by atoms with E-state index in [0.29, 0.717) is 6.54 Å². The van der Waals surface area contributed by atoms with Gasteiger partial charge in [-0.05, 0) is 30.2 Å². The van der Waals surface area contributed by atoms with Crippen LogP contribution in [-0.4, -0.2) is 12.3 Å². The summed E-state index contributed by atoms with van der Waals surface area (Å²) in [7, 11) is 0. The molecule has 0 aromatic heterocycles. The summed E-state index contributed by atoms with van der Waals surface area (Å²) in [6.07, 6.45) is 0. The maximum atomic E-state index is 10.8. The maximum Gasteiger partial charge on any atom is 0.148 e. The molecule has 0 fully saturated rings. The van der Waals surface area contributed by atoms with Crippen LogP contribution in [0.5, 0.6) is 0 Å². The molecule has 2 heteroatoms. The van der Waals surface area contributed by atoms with Crippen LogP contribution in [0.4, 0.5) is 5.69 Å². The molecule has 0 spiro atoms. The van der Waals surface area contributed by atoms with Gasteiger partial charge in [-0.2, -0.15) is 0 Å². The van der Waals surface area contributed by atoms with Crippen LogP contribution in [0.25, 0.3) is 11.1 Å². The zero-order valence-corrected chi connectivity index (χ0v) is 9.81. The number of ketones is 1. The molecule has 0 heterocycles. The minimum Gasteiger partial charge on any atom is -0.378 e. The first-order valence-corrected chi connectivity index (χ1v) is 5.64. The van der Waals surface area contributed by atoms with Gasteiger partial charge in [0.1, 0.15) is 5.78 Å². The van der Waals surface area contributed by atoms with Crippen molar-refractivity contribution in [3.05, 3.63) is 54.6 Å². The average molecular weight is 225 g/mol. The summed E-state index contributed by atoms with van der Waals surface area (Å²) in [5.41, 5.74) is 3.35. The third kappa shape index (κ3) is 3.18. The highest BCUT2D eigenvalue weighted by atomic mass is 16.1. The van der Waals surface area contributed by atoms with E-state index in [9.17, 15) is 4.79 Å². The number of carbonyl (C=O) groups excluding carboxylic acids is 1. The van der Waals surface area contributed by atoms with Gasteiger partial charge in [0.05, 0.1) is 6.54 Å². The van der Waals surface area contributed by atoms with Crippen molar-refractivity contribution in [2.75, 3.05) is 11.9 Å². The molecule has 2 rings (SSSR count). The van der Waals surface area contributed by atoms with E-state index in [-0.39, 0.29) is 5.78 Å². The van der Waals surface area contributed by atoms with Crippen LogP contribution < -0.4 is 5.32 Å². The van der Waals surface area contributed by atoms with E-state index >= 15 is 0 Å². The zero-order chi connectivity index (χ0) is 12.1. The Morgan fingerprint density at radius 2 is 1.53 bits per heavy atom. The minimum absolute atomic E-state index is 0.136. The van der Waals surface area contributed by atoms with E-state index in [4.69, 9.17) is 0 Å². The van der Waals surface area contributed by atoms with E-state index in [1.807, 2.05) is 30.3 Å². The lowest BCUT2D eigenvalue weighted by molar-refractivity contribution is -0.115. The third-order valence-corrected chi connectivity index (χ3v) is 2.53. The van der Waals surface area contributed by atoms with E-state index in [1.165, 1.54) is 11.1 Å². The lowest BCUT2D eigenvalue weighted by Crippen LogP contribution is -2.09. The van der Waals surface area contributed by atoms with Gasteiger partial charge < -0.3 is 5.32 Å². The molecule has 0 radical (unpaired) electrons. The van der Waals surface area contributed by atoms with Gasteiger partial charge in [-0.1, -0.05) is 42.5 Å². The monoisotopic (exact) mass is 225 g/mol. The first-order valence-electron chi connectivity index (χ1n) is 5.64. The van der Waals surface area contributed by atoms with Gasteiger partial charge in [-0.3, -0.25) is 4.79 Å². The molecule has 0 atom stereocenters. The van der Waals surface area contributed by atoms with Crippen molar-refractivity contribution < 1.29 is 4.79 Å². The molecule has 2 nitrogen and oxygen atoms in total. The molecular formula is C15H15NO. The Hall–Kier alpha value is -2.09. The predicted octanol–water partition coefficient (Wildman–Crippen LogP) is 3.35. The molecule has 0 bridgehead atoms. The molecule has 0 amide bonds. The van der Waals surface area contributed by atoms with Crippen molar-refractivity contribution in [1.82, 2.24) is 0 Å². The molecule has 0 aliphatic carbocycles. The van der Waals surface area contributed by atoms with E-state index in [2.05, 4.69) is 29.6 Å². The molecule has 0 unspecified atom stereocenters.